The van der Waals surface area contributed by atoms with Gasteiger partial charge in [-0.15, -0.1) is 0 Å². The molecule has 0 spiro atoms. The van der Waals surface area contributed by atoms with Crippen molar-refractivity contribution in [2.75, 3.05) is 0 Å². The zero-order chi connectivity index (χ0) is 13.9. The number of fused-ring (bicyclic) bond motifs is 1. The molecule has 0 radical (unpaired) electrons. The van der Waals surface area contributed by atoms with Gasteiger partial charge in [0, 0.05) is 16.5 Å². The molecule has 0 saturated heterocycles. The summed E-state index contributed by atoms with van der Waals surface area (Å²) in [5, 5.41) is 1.13. The molecule has 0 aliphatic carbocycles. The fourth-order valence-electron chi connectivity index (χ4n) is 2.66. The molecule has 1 N–H and O–H groups in total. The lowest BCUT2D eigenvalue weighted by molar-refractivity contribution is 0.929. The first-order chi connectivity index (χ1) is 9.75. The van der Waals surface area contributed by atoms with E-state index in [-0.39, 0.29) is 5.56 Å². The van der Waals surface area contributed by atoms with Crippen LogP contribution in [0.25, 0.3) is 10.9 Å². The molecule has 0 atom stereocenters. The van der Waals surface area contributed by atoms with Gasteiger partial charge < -0.3 is 4.98 Å². The molecule has 0 aliphatic heterocycles. The topological polar surface area (TPSA) is 32.9 Å². The van der Waals surface area contributed by atoms with Gasteiger partial charge in [-0.1, -0.05) is 48.5 Å². The maximum atomic E-state index is 12.2. The van der Waals surface area contributed by atoms with Crippen molar-refractivity contribution < 1.29 is 0 Å². The van der Waals surface area contributed by atoms with E-state index in [2.05, 4.69) is 23.2 Å². The van der Waals surface area contributed by atoms with Crippen LogP contribution in [-0.4, -0.2) is 4.98 Å². The van der Waals surface area contributed by atoms with Crippen molar-refractivity contribution in [2.24, 2.45) is 0 Å². The number of para-hydroxylation sites is 1. The molecule has 100 valence electrons. The average molecular weight is 263 g/mol. The predicted molar refractivity (Wildman–Crippen MR) is 83.2 cm³/mol. The lowest BCUT2D eigenvalue weighted by Gasteiger charge is -2.08. The Hall–Kier alpha value is -2.35. The zero-order valence-electron chi connectivity index (χ0n) is 11.5. The van der Waals surface area contributed by atoms with Gasteiger partial charge in [0.1, 0.15) is 0 Å². The Labute approximate surface area is 118 Å². The Morgan fingerprint density at radius 3 is 2.40 bits per heavy atom. The normalized spacial score (nSPS) is 10.8. The minimum atomic E-state index is 0.0390. The number of pyridine rings is 1. The highest BCUT2D eigenvalue weighted by molar-refractivity contribution is 5.82. The fourth-order valence-corrected chi connectivity index (χ4v) is 2.66. The van der Waals surface area contributed by atoms with Crippen molar-refractivity contribution in [3.05, 3.63) is 81.6 Å². The summed E-state index contributed by atoms with van der Waals surface area (Å²) >= 11 is 0. The monoisotopic (exact) mass is 263 g/mol. The van der Waals surface area contributed by atoms with E-state index in [1.165, 1.54) is 5.56 Å². The maximum Gasteiger partial charge on any atom is 0.251 e. The second-order valence-electron chi connectivity index (χ2n) is 5.09. The Kier molecular flexibility index (Phi) is 3.38. The summed E-state index contributed by atoms with van der Waals surface area (Å²) in [6.07, 6.45) is 1.67. The largest absolute Gasteiger partial charge is 0.322 e. The third kappa shape index (κ3) is 2.37. The highest BCUT2D eigenvalue weighted by Gasteiger charge is 2.08. The van der Waals surface area contributed by atoms with E-state index in [1.54, 1.807) is 0 Å². The quantitative estimate of drug-likeness (QED) is 0.769. The average Bonchev–Trinajstić information content (AvgIpc) is 2.48. The molecule has 0 amide bonds. The van der Waals surface area contributed by atoms with E-state index < -0.39 is 0 Å². The molecule has 3 aromatic rings. The number of benzene rings is 2. The molecule has 2 nitrogen and oxygen atoms in total. The molecule has 20 heavy (non-hydrogen) atoms. The lowest BCUT2D eigenvalue weighted by Crippen LogP contribution is -2.15. The summed E-state index contributed by atoms with van der Waals surface area (Å²) in [5.41, 5.74) is 4.21. The maximum absolute atomic E-state index is 12.2. The minimum absolute atomic E-state index is 0.0390. The first-order valence-electron chi connectivity index (χ1n) is 6.90. The molecule has 1 aromatic heterocycles. The Bertz CT molecular complexity index is 787. The van der Waals surface area contributed by atoms with Crippen LogP contribution in [0.3, 0.4) is 0 Å². The lowest BCUT2D eigenvalue weighted by atomic mass is 9.99. The third-order valence-electron chi connectivity index (χ3n) is 3.81. The SMILES string of the molecule is Cc1c(CCc2ccccc2)c(=O)[nH]c2ccccc12. The summed E-state index contributed by atoms with van der Waals surface area (Å²) < 4.78 is 0. The van der Waals surface area contributed by atoms with E-state index >= 15 is 0 Å². The van der Waals surface area contributed by atoms with Crippen molar-refractivity contribution in [2.45, 2.75) is 19.8 Å². The molecule has 2 aromatic carbocycles. The second kappa shape index (κ2) is 5.33. The first kappa shape index (κ1) is 12.7. The van der Waals surface area contributed by atoms with Crippen LogP contribution in [0.4, 0.5) is 0 Å². The van der Waals surface area contributed by atoms with Crippen LogP contribution in [0.1, 0.15) is 16.7 Å². The first-order valence-corrected chi connectivity index (χ1v) is 6.90. The number of hydrogen-bond acceptors (Lipinski definition) is 1. The minimum Gasteiger partial charge on any atom is -0.322 e. The van der Waals surface area contributed by atoms with E-state index in [1.807, 2.05) is 43.3 Å². The van der Waals surface area contributed by atoms with Crippen molar-refractivity contribution in [1.29, 1.82) is 0 Å². The summed E-state index contributed by atoms with van der Waals surface area (Å²) in [5.74, 6) is 0. The van der Waals surface area contributed by atoms with Crippen molar-refractivity contribution in [3.8, 4) is 0 Å². The molecular weight excluding hydrogens is 246 g/mol. The van der Waals surface area contributed by atoms with Crippen LogP contribution < -0.4 is 5.56 Å². The summed E-state index contributed by atoms with van der Waals surface area (Å²) in [6, 6.07) is 18.2. The number of aromatic amines is 1. The van der Waals surface area contributed by atoms with Crippen LogP contribution in [0, 0.1) is 6.92 Å². The number of aryl methyl sites for hydroxylation is 2. The Morgan fingerprint density at radius 1 is 0.900 bits per heavy atom. The van der Waals surface area contributed by atoms with Crippen LogP contribution in [0.5, 0.6) is 0 Å². The number of nitrogens with one attached hydrogen (secondary N) is 1. The highest BCUT2D eigenvalue weighted by atomic mass is 16.1. The van der Waals surface area contributed by atoms with E-state index in [0.717, 1.165) is 34.9 Å². The molecular formula is C18H17NO. The smallest absolute Gasteiger partial charge is 0.251 e. The summed E-state index contributed by atoms with van der Waals surface area (Å²) in [6.45, 7) is 2.04. The Morgan fingerprint density at radius 2 is 1.60 bits per heavy atom. The van der Waals surface area contributed by atoms with Crippen LogP contribution in [0.15, 0.2) is 59.4 Å². The van der Waals surface area contributed by atoms with E-state index in [9.17, 15) is 4.79 Å². The van der Waals surface area contributed by atoms with Gasteiger partial charge >= 0.3 is 0 Å². The molecule has 0 aliphatic rings. The van der Waals surface area contributed by atoms with Gasteiger partial charge in [0.25, 0.3) is 5.56 Å². The van der Waals surface area contributed by atoms with Crippen molar-refractivity contribution in [1.82, 2.24) is 4.98 Å². The standard InChI is InChI=1S/C18H17NO/c1-13-15-9-5-6-10-17(15)19-18(20)16(13)12-11-14-7-3-2-4-8-14/h2-10H,11-12H2,1H3,(H,19,20). The molecule has 0 fully saturated rings. The molecule has 0 saturated carbocycles. The van der Waals surface area contributed by atoms with Crippen LogP contribution >= 0.6 is 0 Å². The third-order valence-corrected chi connectivity index (χ3v) is 3.81. The van der Waals surface area contributed by atoms with Gasteiger partial charge in [0.2, 0.25) is 0 Å². The van der Waals surface area contributed by atoms with Crippen LogP contribution in [-0.2, 0) is 12.8 Å². The fraction of sp³-hybridized carbons (Fsp3) is 0.167. The molecule has 2 heteroatoms. The Balaban J connectivity index is 1.97. The van der Waals surface area contributed by atoms with Gasteiger partial charge in [-0.25, -0.2) is 0 Å². The summed E-state index contributed by atoms with van der Waals surface area (Å²) in [4.78, 5) is 15.2. The predicted octanol–water partition coefficient (Wildman–Crippen LogP) is 3.62. The van der Waals surface area contributed by atoms with E-state index in [4.69, 9.17) is 0 Å². The van der Waals surface area contributed by atoms with Gasteiger partial charge in [-0.2, -0.15) is 0 Å². The molecule has 1 heterocycles. The summed E-state index contributed by atoms with van der Waals surface area (Å²) in [7, 11) is 0. The zero-order valence-corrected chi connectivity index (χ0v) is 11.5. The molecule has 0 bridgehead atoms. The number of hydrogen-bond donors (Lipinski definition) is 1. The highest BCUT2D eigenvalue weighted by Crippen LogP contribution is 2.18. The number of H-pyrrole nitrogens is 1. The van der Waals surface area contributed by atoms with Crippen molar-refractivity contribution in [3.63, 3.8) is 0 Å². The van der Waals surface area contributed by atoms with Gasteiger partial charge in [0.05, 0.1) is 0 Å². The van der Waals surface area contributed by atoms with Gasteiger partial charge in [0.15, 0.2) is 0 Å². The van der Waals surface area contributed by atoms with E-state index in [0.29, 0.717) is 0 Å². The molecule has 3 rings (SSSR count). The van der Waals surface area contributed by atoms with Crippen molar-refractivity contribution >= 4 is 10.9 Å². The van der Waals surface area contributed by atoms with Gasteiger partial charge in [-0.05, 0) is 37.0 Å². The molecule has 0 unspecified atom stereocenters. The van der Waals surface area contributed by atoms with Gasteiger partial charge in [-0.3, -0.25) is 4.79 Å². The number of rotatable bonds is 3. The second-order valence-corrected chi connectivity index (χ2v) is 5.09. The number of aromatic nitrogens is 1. The van der Waals surface area contributed by atoms with Crippen LogP contribution in [0.2, 0.25) is 0 Å².